The van der Waals surface area contributed by atoms with E-state index in [4.69, 9.17) is 0 Å². The van der Waals surface area contributed by atoms with Crippen LogP contribution in [0.15, 0.2) is 17.1 Å². The molecule has 30 heavy (non-hydrogen) atoms. The van der Waals surface area contributed by atoms with E-state index >= 15 is 8.78 Å². The quantitative estimate of drug-likeness (QED) is 0.775. The molecule has 0 bridgehead atoms. The number of fused-ring (bicyclic) bond motifs is 1. The predicted molar refractivity (Wildman–Crippen MR) is 112 cm³/mol. The number of unbranched alkanes of at least 4 members (excludes halogenated alkanes) is 1. The fourth-order valence-corrected chi connectivity index (χ4v) is 4.41. The number of anilines is 1. The lowest BCUT2D eigenvalue weighted by molar-refractivity contribution is 0.0694. The molecule has 2 aromatic rings. The smallest absolute Gasteiger partial charge is 0.341 e. The van der Waals surface area contributed by atoms with E-state index in [2.05, 4.69) is 18.7 Å². The van der Waals surface area contributed by atoms with Gasteiger partial charge >= 0.3 is 5.97 Å². The second-order valence-electron chi connectivity index (χ2n) is 8.42. The normalized spacial score (nSPS) is 20.1. The highest BCUT2D eigenvalue weighted by atomic mass is 19.1. The van der Waals surface area contributed by atoms with Crippen LogP contribution in [0, 0.1) is 11.6 Å². The number of carbonyl (C=O) groups is 1. The molecule has 2 fully saturated rings. The third kappa shape index (κ3) is 3.57. The van der Waals surface area contributed by atoms with E-state index in [1.807, 2.05) is 0 Å². The minimum Gasteiger partial charge on any atom is -0.477 e. The average molecular weight is 419 g/mol. The highest BCUT2D eigenvalue weighted by Crippen LogP contribution is 2.39. The average Bonchev–Trinajstić information content (AvgIpc) is 3.53. The van der Waals surface area contributed by atoms with Gasteiger partial charge in [-0.15, -0.1) is 0 Å². The van der Waals surface area contributed by atoms with Crippen LogP contribution in [0.1, 0.15) is 55.9 Å². The van der Waals surface area contributed by atoms with Gasteiger partial charge in [-0.3, -0.25) is 9.69 Å². The summed E-state index contributed by atoms with van der Waals surface area (Å²) in [5.74, 6) is -2.99. The molecule has 0 spiro atoms. The summed E-state index contributed by atoms with van der Waals surface area (Å²) in [6, 6.07) is 1.10. The zero-order valence-electron chi connectivity index (χ0n) is 17.3. The number of benzene rings is 1. The van der Waals surface area contributed by atoms with Crippen LogP contribution in [0.3, 0.4) is 0 Å². The van der Waals surface area contributed by atoms with Crippen LogP contribution < -0.4 is 10.3 Å². The van der Waals surface area contributed by atoms with Gasteiger partial charge in [0, 0.05) is 37.9 Å². The molecule has 2 aliphatic rings. The standard InChI is InChI=1S/C22H27F2N3O3/c1-3-4-7-25-8-9-26(11-13(25)2)20-17(23)10-15-19(18(20)24)27(14-5-6-14)12-16(21(15)28)22(29)30/h10,12-14H,3-9,11H2,1-2H3,(H,29,30). The van der Waals surface area contributed by atoms with E-state index in [1.54, 1.807) is 4.90 Å². The minimum atomic E-state index is -1.39. The van der Waals surface area contributed by atoms with E-state index in [1.165, 1.54) is 10.8 Å². The molecule has 8 heteroatoms. The van der Waals surface area contributed by atoms with Gasteiger partial charge in [0.05, 0.1) is 10.9 Å². The molecule has 6 nitrogen and oxygen atoms in total. The minimum absolute atomic E-state index is 0.00460. The molecule has 1 aromatic heterocycles. The SMILES string of the molecule is CCCCN1CCN(c2c(F)cc3c(=O)c(C(=O)O)cn(C4CC4)c3c2F)CC1C. The van der Waals surface area contributed by atoms with Gasteiger partial charge in [0.15, 0.2) is 5.82 Å². The summed E-state index contributed by atoms with van der Waals surface area (Å²) in [6.45, 7) is 6.85. The molecule has 1 aliphatic heterocycles. The van der Waals surface area contributed by atoms with Gasteiger partial charge < -0.3 is 14.6 Å². The zero-order chi connectivity index (χ0) is 21.6. The largest absolute Gasteiger partial charge is 0.477 e. The third-order valence-corrected chi connectivity index (χ3v) is 6.23. The first kappa shape index (κ1) is 20.8. The molecule has 162 valence electrons. The Balaban J connectivity index is 1.79. The summed E-state index contributed by atoms with van der Waals surface area (Å²) < 4.78 is 32.3. The van der Waals surface area contributed by atoms with Gasteiger partial charge in [-0.2, -0.15) is 0 Å². The Labute approximate surface area is 173 Å². The second-order valence-corrected chi connectivity index (χ2v) is 8.42. The van der Waals surface area contributed by atoms with Crippen molar-refractivity contribution in [2.24, 2.45) is 0 Å². The van der Waals surface area contributed by atoms with Crippen LogP contribution >= 0.6 is 0 Å². The first-order valence-electron chi connectivity index (χ1n) is 10.6. The molecule has 1 aliphatic carbocycles. The van der Waals surface area contributed by atoms with Gasteiger partial charge in [-0.25, -0.2) is 13.6 Å². The number of hydrogen-bond acceptors (Lipinski definition) is 4. The van der Waals surface area contributed by atoms with Gasteiger partial charge in [-0.05, 0) is 38.8 Å². The highest BCUT2D eigenvalue weighted by molar-refractivity contribution is 5.94. The van der Waals surface area contributed by atoms with Crippen LogP contribution in [0.2, 0.25) is 0 Å². The van der Waals surface area contributed by atoms with Gasteiger partial charge in [0.1, 0.15) is 17.1 Å². The molecule has 0 radical (unpaired) electrons. The topological polar surface area (TPSA) is 65.8 Å². The second kappa shape index (κ2) is 7.98. The molecule has 4 rings (SSSR count). The number of aromatic carboxylic acids is 1. The third-order valence-electron chi connectivity index (χ3n) is 6.23. The van der Waals surface area contributed by atoms with Crippen molar-refractivity contribution in [1.82, 2.24) is 9.47 Å². The van der Waals surface area contributed by atoms with Crippen molar-refractivity contribution < 1.29 is 18.7 Å². The number of carboxylic acids is 1. The lowest BCUT2D eigenvalue weighted by Gasteiger charge is -2.41. The fourth-order valence-electron chi connectivity index (χ4n) is 4.41. The molecule has 1 saturated heterocycles. The Morgan fingerprint density at radius 1 is 1.27 bits per heavy atom. The summed E-state index contributed by atoms with van der Waals surface area (Å²) in [6.07, 6.45) is 4.94. The van der Waals surface area contributed by atoms with Crippen LogP contribution in [0.4, 0.5) is 14.5 Å². The van der Waals surface area contributed by atoms with E-state index in [0.717, 1.165) is 38.3 Å². The molecule has 2 heterocycles. The maximum atomic E-state index is 15.7. The van der Waals surface area contributed by atoms with Crippen molar-refractivity contribution in [1.29, 1.82) is 0 Å². The van der Waals surface area contributed by atoms with E-state index in [-0.39, 0.29) is 28.7 Å². The number of pyridine rings is 1. The summed E-state index contributed by atoms with van der Waals surface area (Å²) in [7, 11) is 0. The number of nitrogens with zero attached hydrogens (tertiary/aromatic N) is 3. The maximum absolute atomic E-state index is 15.7. The molecule has 1 saturated carbocycles. The van der Waals surface area contributed by atoms with Crippen molar-refractivity contribution in [3.63, 3.8) is 0 Å². The van der Waals surface area contributed by atoms with Crippen molar-refractivity contribution in [3.05, 3.63) is 39.7 Å². The van der Waals surface area contributed by atoms with Crippen molar-refractivity contribution >= 4 is 22.6 Å². The van der Waals surface area contributed by atoms with E-state index in [9.17, 15) is 14.7 Å². The Kier molecular flexibility index (Phi) is 5.53. The molecule has 0 amide bonds. The van der Waals surface area contributed by atoms with Crippen molar-refractivity contribution in [2.75, 3.05) is 31.1 Å². The summed E-state index contributed by atoms with van der Waals surface area (Å²) in [5, 5.41) is 9.14. The molecule has 1 unspecified atom stereocenters. The van der Waals surface area contributed by atoms with Gasteiger partial charge in [0.2, 0.25) is 5.43 Å². The Bertz CT molecular complexity index is 1050. The van der Waals surface area contributed by atoms with Crippen LogP contribution in [-0.4, -0.2) is 52.8 Å². The van der Waals surface area contributed by atoms with Gasteiger partial charge in [0.25, 0.3) is 0 Å². The first-order valence-corrected chi connectivity index (χ1v) is 10.6. The molecule has 1 N–H and O–H groups in total. The predicted octanol–water partition coefficient (Wildman–Crippen LogP) is 3.62. The highest BCUT2D eigenvalue weighted by Gasteiger charge is 2.32. The van der Waals surface area contributed by atoms with Gasteiger partial charge in [-0.1, -0.05) is 13.3 Å². The summed E-state index contributed by atoms with van der Waals surface area (Å²) in [4.78, 5) is 28.1. The van der Waals surface area contributed by atoms with E-state index < -0.39 is 28.6 Å². The van der Waals surface area contributed by atoms with Crippen LogP contribution in [0.5, 0.6) is 0 Å². The Hall–Kier alpha value is -2.48. The number of carboxylic acid groups (broad SMARTS) is 1. The number of piperazine rings is 1. The Morgan fingerprint density at radius 2 is 2.00 bits per heavy atom. The lowest BCUT2D eigenvalue weighted by atomic mass is 10.1. The zero-order valence-corrected chi connectivity index (χ0v) is 17.3. The first-order chi connectivity index (χ1) is 14.3. The van der Waals surface area contributed by atoms with Crippen molar-refractivity contribution in [2.45, 2.75) is 51.6 Å². The van der Waals surface area contributed by atoms with Crippen LogP contribution in [-0.2, 0) is 0 Å². The summed E-state index contributed by atoms with van der Waals surface area (Å²) >= 11 is 0. The molecule has 1 aromatic carbocycles. The Morgan fingerprint density at radius 3 is 2.60 bits per heavy atom. The monoisotopic (exact) mass is 419 g/mol. The molecule has 1 atom stereocenters. The number of aromatic nitrogens is 1. The number of hydrogen-bond donors (Lipinski definition) is 1. The molecular weight excluding hydrogens is 392 g/mol. The van der Waals surface area contributed by atoms with Crippen LogP contribution in [0.25, 0.3) is 10.9 Å². The maximum Gasteiger partial charge on any atom is 0.341 e. The lowest BCUT2D eigenvalue weighted by Crippen LogP contribution is -2.52. The van der Waals surface area contributed by atoms with Crippen molar-refractivity contribution in [3.8, 4) is 0 Å². The number of rotatable bonds is 6. The fraction of sp³-hybridized carbons (Fsp3) is 0.545. The number of halogens is 2. The van der Waals surface area contributed by atoms with E-state index in [0.29, 0.717) is 19.6 Å². The summed E-state index contributed by atoms with van der Waals surface area (Å²) in [5.41, 5.74) is -1.43. The molecular formula is C22H27F2N3O3.